The largest absolute Gasteiger partial charge is 0.347 e. The van der Waals surface area contributed by atoms with Crippen molar-refractivity contribution in [3.63, 3.8) is 0 Å². The molecule has 3 aliphatic carbocycles. The number of carbonyl (C=O) groups is 5. The van der Waals surface area contributed by atoms with Crippen molar-refractivity contribution in [3.8, 4) is 11.8 Å². The molecule has 5 amide bonds. The van der Waals surface area contributed by atoms with Crippen LogP contribution in [0.5, 0.6) is 0 Å². The molecule has 5 unspecified atom stereocenters. The smallest absolute Gasteiger partial charge is 0.315 e. The lowest BCUT2D eigenvalue weighted by molar-refractivity contribution is -0.144. The molecular weight excluding hydrogens is 634 g/mol. The van der Waals surface area contributed by atoms with Crippen molar-refractivity contribution in [1.29, 1.82) is 0 Å². The molecule has 2 saturated carbocycles. The first kappa shape index (κ1) is 37.7. The molecule has 0 aromatic carbocycles. The molecule has 48 heavy (non-hydrogen) atoms. The van der Waals surface area contributed by atoms with Crippen molar-refractivity contribution >= 4 is 39.4 Å². The van der Waals surface area contributed by atoms with E-state index < -0.39 is 79.1 Å². The van der Waals surface area contributed by atoms with E-state index in [-0.39, 0.29) is 24.3 Å². The summed E-state index contributed by atoms with van der Waals surface area (Å²) in [5.74, 6) is 2.75. The van der Waals surface area contributed by atoms with Gasteiger partial charge in [-0.05, 0) is 58.3 Å². The molecule has 12 nitrogen and oxygen atoms in total. The maximum Gasteiger partial charge on any atom is 0.315 e. The van der Waals surface area contributed by atoms with Crippen LogP contribution in [0.4, 0.5) is 4.79 Å². The van der Waals surface area contributed by atoms with E-state index >= 15 is 0 Å². The number of likely N-dealkylation sites (tertiary alicyclic amines) is 1. The van der Waals surface area contributed by atoms with Crippen LogP contribution >= 0.6 is 0 Å². The van der Waals surface area contributed by atoms with Gasteiger partial charge in [0.05, 0.1) is 33.9 Å². The van der Waals surface area contributed by atoms with Crippen LogP contribution in [0.2, 0.25) is 0 Å². The summed E-state index contributed by atoms with van der Waals surface area (Å²) in [6.07, 6.45) is 6.84. The zero-order valence-electron chi connectivity index (χ0n) is 29.7. The molecule has 268 valence electrons. The fraction of sp³-hybridized carbons (Fsp3) is 0.800. The topological polar surface area (TPSA) is 171 Å². The van der Waals surface area contributed by atoms with Crippen molar-refractivity contribution in [2.75, 3.05) is 12.3 Å². The number of rotatable bonds is 13. The minimum absolute atomic E-state index is 0.00662. The van der Waals surface area contributed by atoms with E-state index in [1.54, 1.807) is 20.8 Å². The Morgan fingerprint density at radius 2 is 1.58 bits per heavy atom. The van der Waals surface area contributed by atoms with E-state index in [1.807, 2.05) is 27.7 Å². The van der Waals surface area contributed by atoms with Crippen LogP contribution in [-0.4, -0.2) is 89.6 Å². The molecule has 4 aliphatic rings. The van der Waals surface area contributed by atoms with E-state index in [0.29, 0.717) is 25.7 Å². The van der Waals surface area contributed by atoms with Crippen LogP contribution in [0.3, 0.4) is 0 Å². The maximum atomic E-state index is 14.3. The van der Waals surface area contributed by atoms with E-state index in [9.17, 15) is 32.4 Å². The highest BCUT2D eigenvalue weighted by Crippen LogP contribution is 2.37. The van der Waals surface area contributed by atoms with Crippen LogP contribution in [0.25, 0.3) is 0 Å². The predicted molar refractivity (Wildman–Crippen MR) is 182 cm³/mol. The number of nitrogens with one attached hydrogen (secondary N) is 4. The highest BCUT2D eigenvalue weighted by atomic mass is 32.2. The summed E-state index contributed by atoms with van der Waals surface area (Å²) < 4.78 is 25.6. The quantitative estimate of drug-likeness (QED) is 0.170. The Bertz CT molecular complexity index is 1440. The summed E-state index contributed by atoms with van der Waals surface area (Å²) in [5.41, 5.74) is -1.75. The van der Waals surface area contributed by atoms with Gasteiger partial charge in [-0.2, -0.15) is 0 Å². The standard InChI is InChI=1S/C35H55N5O7S/c1-8-9-13-25(27(41)30(43)36-23-15-16-23)37-29(42)26-24-17-14-22(24)20-40(26)31(44)28(33(2,3)4)38-32(45)39-35(18-11-10-12-19-35)21-48(46,47)34(5,6)7/h22-26,28H,8-13,15-16,18-21H2,1-7H3,(H,36,43)(H,37,42)(H2,38,39,45). The summed E-state index contributed by atoms with van der Waals surface area (Å²) in [4.78, 5) is 69.1. The number of hydrogen-bond acceptors (Lipinski definition) is 7. The predicted octanol–water partition coefficient (Wildman–Crippen LogP) is 2.60. The Balaban J connectivity index is 1.52. The number of Topliss-reactive ketones (excluding diaryl/α,β-unsaturated/α-hetero) is 1. The molecule has 0 aromatic heterocycles. The second-order valence-electron chi connectivity index (χ2n) is 16.3. The third-order valence-electron chi connectivity index (χ3n) is 10.1. The van der Waals surface area contributed by atoms with Crippen molar-refractivity contribution in [2.45, 2.75) is 147 Å². The van der Waals surface area contributed by atoms with Gasteiger partial charge < -0.3 is 26.2 Å². The lowest BCUT2D eigenvalue weighted by Crippen LogP contribution is -2.63. The van der Waals surface area contributed by atoms with Crippen LogP contribution in [0.15, 0.2) is 0 Å². The molecule has 4 N–H and O–H groups in total. The number of carbonyl (C=O) groups excluding carboxylic acids is 5. The van der Waals surface area contributed by atoms with Gasteiger partial charge in [0.15, 0.2) is 9.84 Å². The minimum Gasteiger partial charge on any atom is -0.347 e. The second kappa shape index (κ2) is 14.4. The van der Waals surface area contributed by atoms with E-state index in [2.05, 4.69) is 33.1 Å². The second-order valence-corrected chi connectivity index (χ2v) is 19.0. The monoisotopic (exact) mass is 689 g/mol. The first-order chi connectivity index (χ1) is 22.3. The van der Waals surface area contributed by atoms with E-state index in [1.165, 1.54) is 4.90 Å². The van der Waals surface area contributed by atoms with Gasteiger partial charge in [-0.1, -0.05) is 71.6 Å². The molecule has 4 rings (SSSR count). The number of amides is 5. The Morgan fingerprint density at radius 1 is 0.938 bits per heavy atom. The zero-order chi connectivity index (χ0) is 35.7. The normalized spacial score (nSPS) is 24.5. The fourth-order valence-electron chi connectivity index (χ4n) is 6.72. The van der Waals surface area contributed by atoms with Crippen LogP contribution in [-0.2, 0) is 29.0 Å². The number of fused-ring (bicyclic) bond motifs is 1. The molecule has 0 aromatic rings. The Labute approximate surface area is 286 Å². The number of urea groups is 1. The summed E-state index contributed by atoms with van der Waals surface area (Å²) >= 11 is 0. The van der Waals surface area contributed by atoms with Crippen LogP contribution < -0.4 is 21.3 Å². The Morgan fingerprint density at radius 3 is 2.10 bits per heavy atom. The summed E-state index contributed by atoms with van der Waals surface area (Å²) in [6, 6.07) is -3.73. The highest BCUT2D eigenvalue weighted by Gasteiger charge is 2.53. The minimum atomic E-state index is -3.57. The summed E-state index contributed by atoms with van der Waals surface area (Å²) in [5, 5.41) is 11.3. The zero-order valence-corrected chi connectivity index (χ0v) is 30.5. The van der Waals surface area contributed by atoms with Gasteiger partial charge in [0, 0.05) is 12.6 Å². The molecule has 1 heterocycles. The van der Waals surface area contributed by atoms with E-state index in [0.717, 1.165) is 38.5 Å². The average Bonchev–Trinajstić information content (AvgIpc) is 3.74. The van der Waals surface area contributed by atoms with Gasteiger partial charge in [0.1, 0.15) is 12.1 Å². The van der Waals surface area contributed by atoms with Crippen molar-refractivity contribution in [2.24, 2.45) is 17.3 Å². The Kier molecular flexibility index (Phi) is 11.3. The van der Waals surface area contributed by atoms with Gasteiger partial charge >= 0.3 is 6.03 Å². The van der Waals surface area contributed by atoms with Gasteiger partial charge in [-0.3, -0.25) is 19.2 Å². The molecular formula is C35H55N5O7S. The Hall–Kier alpha value is -3.14. The first-order valence-corrected chi connectivity index (χ1v) is 19.2. The highest BCUT2D eigenvalue weighted by molar-refractivity contribution is 7.92. The fourth-order valence-corrected chi connectivity index (χ4v) is 8.24. The molecule has 1 saturated heterocycles. The van der Waals surface area contributed by atoms with Gasteiger partial charge in [0.2, 0.25) is 17.6 Å². The third kappa shape index (κ3) is 8.71. The van der Waals surface area contributed by atoms with Gasteiger partial charge in [0.25, 0.3) is 5.91 Å². The number of nitrogens with zero attached hydrogens (tertiary/aromatic N) is 1. The molecule has 1 aliphatic heterocycles. The lowest BCUT2D eigenvalue weighted by Gasteiger charge is -2.41. The lowest BCUT2D eigenvalue weighted by atomic mass is 9.83. The number of sulfone groups is 1. The molecule has 13 heteroatoms. The van der Waals surface area contributed by atoms with Gasteiger partial charge in [-0.25, -0.2) is 13.2 Å². The SMILES string of the molecule is CCCCC(NC(=O)C1C2C#CC2CN1C(=O)C(NC(=O)NC1(CS(=O)(=O)C(C)(C)C)CCCCC1)C(C)(C)C)C(=O)C(=O)NC1CC1. The van der Waals surface area contributed by atoms with Crippen LogP contribution in [0.1, 0.15) is 113 Å². The number of ketones is 1. The number of unbranched alkanes of at least 4 members (excludes halogenated alkanes) is 1. The van der Waals surface area contributed by atoms with Gasteiger partial charge in [-0.15, -0.1) is 0 Å². The summed E-state index contributed by atoms with van der Waals surface area (Å²) in [6.45, 7) is 12.5. The molecule has 0 bridgehead atoms. The third-order valence-corrected chi connectivity index (χ3v) is 12.9. The van der Waals surface area contributed by atoms with E-state index in [4.69, 9.17) is 0 Å². The first-order valence-electron chi connectivity index (χ1n) is 17.6. The van der Waals surface area contributed by atoms with Crippen molar-refractivity contribution in [1.82, 2.24) is 26.2 Å². The molecule has 3 fully saturated rings. The number of hydrogen-bond donors (Lipinski definition) is 4. The molecule has 0 spiro atoms. The van der Waals surface area contributed by atoms with Crippen LogP contribution in [0, 0.1) is 29.1 Å². The maximum absolute atomic E-state index is 14.3. The van der Waals surface area contributed by atoms with Crippen molar-refractivity contribution in [3.05, 3.63) is 0 Å². The average molecular weight is 690 g/mol. The molecule has 0 radical (unpaired) electrons. The summed E-state index contributed by atoms with van der Waals surface area (Å²) in [7, 11) is -3.57. The van der Waals surface area contributed by atoms with Crippen molar-refractivity contribution < 1.29 is 32.4 Å². The molecule has 5 atom stereocenters.